The van der Waals surface area contributed by atoms with Crippen LogP contribution in [0.25, 0.3) is 0 Å². The van der Waals surface area contributed by atoms with Gasteiger partial charge in [-0.25, -0.2) is 9.18 Å². The number of carbonyl (C=O) groups is 2. The van der Waals surface area contributed by atoms with Gasteiger partial charge in [0.2, 0.25) is 5.82 Å². The first-order valence-electron chi connectivity index (χ1n) is 6.84. The van der Waals surface area contributed by atoms with Gasteiger partial charge in [0.15, 0.2) is 11.6 Å². The number of nitrogens with one attached hydrogen (secondary N) is 1. The summed E-state index contributed by atoms with van der Waals surface area (Å²) in [6.07, 6.45) is -0.731. The van der Waals surface area contributed by atoms with E-state index in [0.717, 1.165) is 6.07 Å². The fourth-order valence-corrected chi connectivity index (χ4v) is 1.41. The Bertz CT molecular complexity index is 559. The highest BCUT2D eigenvalue weighted by molar-refractivity contribution is 5.74. The van der Waals surface area contributed by atoms with Crippen molar-refractivity contribution in [1.29, 1.82) is 0 Å². The largest absolute Gasteiger partial charge is 0.445 e. The van der Waals surface area contributed by atoms with Crippen LogP contribution in [0.4, 0.5) is 13.6 Å². The molecular formula is C15H19F2NO4. The first-order valence-corrected chi connectivity index (χ1v) is 6.84. The van der Waals surface area contributed by atoms with Crippen molar-refractivity contribution in [2.75, 3.05) is 0 Å². The molecular weight excluding hydrogens is 296 g/mol. The zero-order chi connectivity index (χ0) is 16.9. The Balaban J connectivity index is 2.78. The van der Waals surface area contributed by atoms with E-state index in [-0.39, 0.29) is 11.6 Å². The Morgan fingerprint density at radius 1 is 1.14 bits per heavy atom. The quantitative estimate of drug-likeness (QED) is 0.669. The zero-order valence-electron chi connectivity index (χ0n) is 12.9. The van der Waals surface area contributed by atoms with Crippen molar-refractivity contribution >= 4 is 12.1 Å². The van der Waals surface area contributed by atoms with Gasteiger partial charge in [0, 0.05) is 11.6 Å². The van der Waals surface area contributed by atoms with E-state index in [0.29, 0.717) is 0 Å². The molecule has 0 aliphatic rings. The van der Waals surface area contributed by atoms with E-state index in [4.69, 9.17) is 9.47 Å². The second-order valence-corrected chi connectivity index (χ2v) is 5.30. The van der Waals surface area contributed by atoms with Crippen molar-refractivity contribution in [3.05, 3.63) is 29.3 Å². The summed E-state index contributed by atoms with van der Waals surface area (Å²) < 4.78 is 37.2. The van der Waals surface area contributed by atoms with Gasteiger partial charge in [-0.15, -0.1) is 0 Å². The van der Waals surface area contributed by atoms with E-state index in [1.807, 2.05) is 0 Å². The molecule has 0 aliphatic heterocycles. The van der Waals surface area contributed by atoms with Crippen LogP contribution in [0.1, 0.15) is 33.3 Å². The van der Waals surface area contributed by atoms with Gasteiger partial charge in [-0.3, -0.25) is 4.79 Å². The first kappa shape index (κ1) is 17.9. The number of hydrogen-bond donors (Lipinski definition) is 1. The van der Waals surface area contributed by atoms with Crippen LogP contribution in [-0.4, -0.2) is 18.1 Å². The van der Waals surface area contributed by atoms with Crippen LogP contribution in [0, 0.1) is 17.6 Å². The molecule has 1 amide bonds. The number of carbonyl (C=O) groups excluding carboxylic acids is 2. The summed E-state index contributed by atoms with van der Waals surface area (Å²) in [7, 11) is 0. The van der Waals surface area contributed by atoms with Crippen LogP contribution >= 0.6 is 0 Å². The molecule has 5 nitrogen and oxygen atoms in total. The molecule has 1 aromatic carbocycles. The van der Waals surface area contributed by atoms with Gasteiger partial charge >= 0.3 is 12.1 Å². The van der Waals surface area contributed by atoms with E-state index >= 15 is 0 Å². The third-order valence-electron chi connectivity index (χ3n) is 2.57. The molecule has 0 fully saturated rings. The summed E-state index contributed by atoms with van der Waals surface area (Å²) in [5.74, 6) is -4.14. The minimum absolute atomic E-state index is 0.132. The van der Waals surface area contributed by atoms with Crippen LogP contribution in [0.15, 0.2) is 12.1 Å². The maximum Gasteiger partial charge on any atom is 0.407 e. The number of rotatable bonds is 5. The molecule has 1 aromatic rings. The molecule has 0 heterocycles. The number of halogens is 2. The standard InChI is InChI=1S/C15H19F2NO4/c1-8(2)14(19)22-11-6-5-10(12(16)13(11)17)7-21-15(20)18-9(3)4/h5-6,8-9H,7H2,1-4H3,(H,18,20). The molecule has 0 radical (unpaired) electrons. The number of amides is 1. The minimum atomic E-state index is -1.29. The Morgan fingerprint density at radius 3 is 2.32 bits per heavy atom. The fraction of sp³-hybridized carbons (Fsp3) is 0.467. The topological polar surface area (TPSA) is 64.6 Å². The molecule has 7 heteroatoms. The van der Waals surface area contributed by atoms with Crippen molar-refractivity contribution in [3.8, 4) is 5.75 Å². The van der Waals surface area contributed by atoms with Gasteiger partial charge in [0.25, 0.3) is 0 Å². The summed E-state index contributed by atoms with van der Waals surface area (Å²) in [4.78, 5) is 22.7. The number of benzene rings is 1. The highest BCUT2D eigenvalue weighted by Crippen LogP contribution is 2.24. The molecule has 0 atom stereocenters. The number of ether oxygens (including phenoxy) is 2. The lowest BCUT2D eigenvalue weighted by Crippen LogP contribution is -2.30. The average molecular weight is 315 g/mol. The maximum atomic E-state index is 13.8. The number of esters is 1. The summed E-state index contributed by atoms with van der Waals surface area (Å²) in [6, 6.07) is 2.19. The molecule has 0 spiro atoms. The molecule has 1 rings (SSSR count). The van der Waals surface area contributed by atoms with Gasteiger partial charge in [0.05, 0.1) is 5.92 Å². The summed E-state index contributed by atoms with van der Waals surface area (Å²) in [6.45, 7) is 6.19. The van der Waals surface area contributed by atoms with Crippen LogP contribution in [0.3, 0.4) is 0 Å². The van der Waals surface area contributed by atoms with E-state index in [2.05, 4.69) is 5.32 Å². The Morgan fingerprint density at radius 2 is 1.77 bits per heavy atom. The van der Waals surface area contributed by atoms with Gasteiger partial charge in [-0.1, -0.05) is 13.8 Å². The lowest BCUT2D eigenvalue weighted by molar-refractivity contribution is -0.138. The van der Waals surface area contributed by atoms with Gasteiger partial charge in [0.1, 0.15) is 6.61 Å². The SMILES string of the molecule is CC(C)NC(=O)OCc1ccc(OC(=O)C(C)C)c(F)c1F. The highest BCUT2D eigenvalue weighted by Gasteiger charge is 2.19. The normalized spacial score (nSPS) is 10.7. The first-order chi connectivity index (χ1) is 10.2. The third kappa shape index (κ3) is 4.98. The Labute approximate surface area is 127 Å². The lowest BCUT2D eigenvalue weighted by Gasteiger charge is -2.12. The molecule has 122 valence electrons. The summed E-state index contributed by atoms with van der Waals surface area (Å²) in [5.41, 5.74) is -0.152. The predicted octanol–water partition coefficient (Wildman–Crippen LogP) is 3.16. The molecule has 0 aromatic heterocycles. The van der Waals surface area contributed by atoms with E-state index in [1.165, 1.54) is 6.07 Å². The van der Waals surface area contributed by atoms with Crippen LogP contribution in [0.2, 0.25) is 0 Å². The second-order valence-electron chi connectivity index (χ2n) is 5.30. The maximum absolute atomic E-state index is 13.8. The predicted molar refractivity (Wildman–Crippen MR) is 75.3 cm³/mol. The van der Waals surface area contributed by atoms with Crippen molar-refractivity contribution < 1.29 is 27.8 Å². The molecule has 1 N–H and O–H groups in total. The van der Waals surface area contributed by atoms with E-state index in [1.54, 1.807) is 27.7 Å². The van der Waals surface area contributed by atoms with Crippen molar-refractivity contribution in [3.63, 3.8) is 0 Å². The number of hydrogen-bond acceptors (Lipinski definition) is 4. The minimum Gasteiger partial charge on any atom is -0.445 e. The summed E-state index contributed by atoms with van der Waals surface area (Å²) in [5, 5.41) is 2.45. The number of alkyl carbamates (subject to hydrolysis) is 1. The smallest absolute Gasteiger partial charge is 0.407 e. The molecule has 0 bridgehead atoms. The van der Waals surface area contributed by atoms with Crippen molar-refractivity contribution in [1.82, 2.24) is 5.32 Å². The molecule has 0 saturated carbocycles. The molecule has 0 saturated heterocycles. The van der Waals surface area contributed by atoms with Crippen LogP contribution < -0.4 is 10.1 Å². The van der Waals surface area contributed by atoms with Gasteiger partial charge < -0.3 is 14.8 Å². The fourth-order valence-electron chi connectivity index (χ4n) is 1.41. The third-order valence-corrected chi connectivity index (χ3v) is 2.57. The second kappa shape index (κ2) is 7.72. The van der Waals surface area contributed by atoms with E-state index < -0.39 is 42.0 Å². The van der Waals surface area contributed by atoms with Crippen LogP contribution in [-0.2, 0) is 16.1 Å². The van der Waals surface area contributed by atoms with Crippen molar-refractivity contribution in [2.24, 2.45) is 5.92 Å². The Kier molecular flexibility index (Phi) is 6.27. The molecule has 0 unspecified atom stereocenters. The zero-order valence-corrected chi connectivity index (χ0v) is 12.9. The lowest BCUT2D eigenvalue weighted by atomic mass is 10.2. The van der Waals surface area contributed by atoms with Gasteiger partial charge in [-0.05, 0) is 26.0 Å². The average Bonchev–Trinajstić information content (AvgIpc) is 2.42. The Hall–Kier alpha value is -2.18. The molecule has 22 heavy (non-hydrogen) atoms. The van der Waals surface area contributed by atoms with Crippen molar-refractivity contribution in [2.45, 2.75) is 40.3 Å². The summed E-state index contributed by atoms with van der Waals surface area (Å²) >= 11 is 0. The molecule has 0 aliphatic carbocycles. The van der Waals surface area contributed by atoms with Gasteiger partial charge in [-0.2, -0.15) is 4.39 Å². The monoisotopic (exact) mass is 315 g/mol. The van der Waals surface area contributed by atoms with Crippen LogP contribution in [0.5, 0.6) is 5.75 Å². The highest BCUT2D eigenvalue weighted by atomic mass is 19.2. The van der Waals surface area contributed by atoms with E-state index in [9.17, 15) is 18.4 Å².